The minimum Gasteiger partial charge on any atom is -0.435 e. The van der Waals surface area contributed by atoms with Crippen molar-refractivity contribution < 1.29 is 23.7 Å². The Balaban J connectivity index is 2.45. The number of benzene rings is 1. The Hall–Kier alpha value is -1.40. The molecule has 0 saturated heterocycles. The molecular formula is C10H13F2NO3. The lowest BCUT2D eigenvalue weighted by atomic mass is 10.3. The lowest BCUT2D eigenvalue weighted by molar-refractivity contribution is -0.0498. The molecule has 0 aliphatic heterocycles. The Labute approximate surface area is 91.5 Å². The van der Waals surface area contributed by atoms with Crippen molar-refractivity contribution in [2.75, 3.05) is 18.5 Å². The van der Waals surface area contributed by atoms with Gasteiger partial charge in [0.15, 0.2) is 0 Å². The van der Waals surface area contributed by atoms with Gasteiger partial charge in [-0.05, 0) is 24.3 Å². The van der Waals surface area contributed by atoms with Crippen molar-refractivity contribution in [1.82, 2.24) is 0 Å². The van der Waals surface area contributed by atoms with E-state index in [1.807, 2.05) is 0 Å². The normalized spacial score (nSPS) is 12.6. The highest BCUT2D eigenvalue weighted by Crippen LogP contribution is 2.17. The second-order valence-electron chi connectivity index (χ2n) is 3.12. The van der Waals surface area contributed by atoms with Gasteiger partial charge in [-0.1, -0.05) is 0 Å². The van der Waals surface area contributed by atoms with Gasteiger partial charge in [-0.15, -0.1) is 0 Å². The van der Waals surface area contributed by atoms with E-state index in [0.717, 1.165) is 0 Å². The fraction of sp³-hybridized carbons (Fsp3) is 0.400. The molecular weight excluding hydrogens is 220 g/mol. The first-order valence-corrected chi connectivity index (χ1v) is 4.69. The summed E-state index contributed by atoms with van der Waals surface area (Å²) in [4.78, 5) is 0. The summed E-state index contributed by atoms with van der Waals surface area (Å²) in [5.41, 5.74) is 0.647. The summed E-state index contributed by atoms with van der Waals surface area (Å²) in [5.74, 6) is 0.0725. The first-order chi connectivity index (χ1) is 7.61. The molecule has 0 saturated carbocycles. The quantitative estimate of drug-likeness (QED) is 0.687. The molecule has 16 heavy (non-hydrogen) atoms. The number of aliphatic hydroxyl groups is 2. The summed E-state index contributed by atoms with van der Waals surface area (Å²) in [7, 11) is 0. The van der Waals surface area contributed by atoms with E-state index in [1.165, 1.54) is 12.1 Å². The van der Waals surface area contributed by atoms with Crippen molar-refractivity contribution in [2.24, 2.45) is 0 Å². The Morgan fingerprint density at radius 3 is 2.38 bits per heavy atom. The predicted octanol–water partition coefficient (Wildman–Crippen LogP) is 1.05. The first-order valence-electron chi connectivity index (χ1n) is 4.69. The monoisotopic (exact) mass is 233 g/mol. The number of aliphatic hydroxyl groups excluding tert-OH is 2. The molecule has 1 atom stereocenters. The summed E-state index contributed by atoms with van der Waals surface area (Å²) in [6.07, 6.45) is -0.850. The average molecular weight is 233 g/mol. The van der Waals surface area contributed by atoms with E-state index in [-0.39, 0.29) is 18.9 Å². The zero-order chi connectivity index (χ0) is 12.0. The van der Waals surface area contributed by atoms with E-state index >= 15 is 0 Å². The van der Waals surface area contributed by atoms with Gasteiger partial charge < -0.3 is 20.3 Å². The van der Waals surface area contributed by atoms with Crippen LogP contribution in [0.25, 0.3) is 0 Å². The van der Waals surface area contributed by atoms with E-state index in [4.69, 9.17) is 10.2 Å². The zero-order valence-corrected chi connectivity index (χ0v) is 8.44. The number of alkyl halides is 2. The number of rotatable bonds is 6. The smallest absolute Gasteiger partial charge is 0.387 e. The maximum atomic E-state index is 11.8. The Kier molecular flexibility index (Phi) is 4.94. The lowest BCUT2D eigenvalue weighted by Gasteiger charge is -2.10. The molecule has 0 aromatic heterocycles. The highest BCUT2D eigenvalue weighted by molar-refractivity contribution is 5.46. The molecule has 0 fully saturated rings. The second-order valence-corrected chi connectivity index (χ2v) is 3.12. The van der Waals surface area contributed by atoms with Crippen LogP contribution in [0.5, 0.6) is 5.75 Å². The molecule has 6 heteroatoms. The summed E-state index contributed by atoms with van der Waals surface area (Å²) >= 11 is 0. The number of anilines is 1. The molecule has 90 valence electrons. The molecule has 0 radical (unpaired) electrons. The predicted molar refractivity (Wildman–Crippen MR) is 54.7 cm³/mol. The van der Waals surface area contributed by atoms with E-state index in [9.17, 15) is 8.78 Å². The summed E-state index contributed by atoms with van der Waals surface area (Å²) in [6, 6.07) is 5.86. The molecule has 0 unspecified atom stereocenters. The molecule has 0 bridgehead atoms. The van der Waals surface area contributed by atoms with Crippen LogP contribution < -0.4 is 10.1 Å². The third-order valence-electron chi connectivity index (χ3n) is 1.83. The Morgan fingerprint density at radius 1 is 1.25 bits per heavy atom. The first kappa shape index (κ1) is 12.7. The van der Waals surface area contributed by atoms with Gasteiger partial charge in [0.05, 0.1) is 12.7 Å². The van der Waals surface area contributed by atoms with E-state index < -0.39 is 12.7 Å². The second kappa shape index (κ2) is 6.24. The third kappa shape index (κ3) is 4.41. The van der Waals surface area contributed by atoms with Gasteiger partial charge in [-0.25, -0.2) is 0 Å². The number of hydrogen-bond donors (Lipinski definition) is 3. The molecule has 0 aliphatic carbocycles. The standard InChI is InChI=1S/C10H13F2NO3/c11-10(12)16-9-3-1-7(2-4-9)13-5-8(15)6-14/h1-4,8,10,13-15H,5-6H2/t8-/m0/s1. The van der Waals surface area contributed by atoms with Gasteiger partial charge in [0.1, 0.15) is 5.75 Å². The molecule has 0 heterocycles. The number of hydrogen-bond acceptors (Lipinski definition) is 4. The van der Waals surface area contributed by atoms with Gasteiger partial charge in [-0.3, -0.25) is 0 Å². The molecule has 0 aliphatic rings. The van der Waals surface area contributed by atoms with Crippen LogP contribution in [0.1, 0.15) is 0 Å². The molecule has 0 amide bonds. The molecule has 3 N–H and O–H groups in total. The maximum Gasteiger partial charge on any atom is 0.387 e. The van der Waals surface area contributed by atoms with Crippen molar-refractivity contribution in [3.63, 3.8) is 0 Å². The molecule has 4 nitrogen and oxygen atoms in total. The minimum absolute atomic E-state index is 0.0725. The summed E-state index contributed by atoms with van der Waals surface area (Å²) in [5, 5.41) is 20.4. The fourth-order valence-electron chi connectivity index (χ4n) is 1.05. The zero-order valence-electron chi connectivity index (χ0n) is 8.44. The van der Waals surface area contributed by atoms with Gasteiger partial charge in [-0.2, -0.15) is 8.78 Å². The molecule has 0 spiro atoms. The van der Waals surface area contributed by atoms with Crippen molar-refractivity contribution in [3.05, 3.63) is 24.3 Å². The van der Waals surface area contributed by atoms with Crippen LogP contribution in [0.3, 0.4) is 0 Å². The van der Waals surface area contributed by atoms with Gasteiger partial charge >= 0.3 is 6.61 Å². The van der Waals surface area contributed by atoms with Crippen LogP contribution in [0, 0.1) is 0 Å². The van der Waals surface area contributed by atoms with Crippen molar-refractivity contribution in [3.8, 4) is 5.75 Å². The van der Waals surface area contributed by atoms with E-state index in [2.05, 4.69) is 10.1 Å². The fourth-order valence-corrected chi connectivity index (χ4v) is 1.05. The number of ether oxygens (including phenoxy) is 1. The minimum atomic E-state index is -2.84. The van der Waals surface area contributed by atoms with Gasteiger partial charge in [0.25, 0.3) is 0 Å². The Bertz CT molecular complexity index is 305. The molecule has 1 aromatic carbocycles. The SMILES string of the molecule is OC[C@@H](O)CNc1ccc(OC(F)F)cc1. The lowest BCUT2D eigenvalue weighted by Crippen LogP contribution is -2.22. The number of halogens is 2. The Morgan fingerprint density at radius 2 is 1.88 bits per heavy atom. The van der Waals surface area contributed by atoms with Crippen LogP contribution in [0.2, 0.25) is 0 Å². The summed E-state index contributed by atoms with van der Waals surface area (Å²) in [6.45, 7) is -2.99. The van der Waals surface area contributed by atoms with Crippen molar-refractivity contribution in [1.29, 1.82) is 0 Å². The van der Waals surface area contributed by atoms with Gasteiger partial charge in [0, 0.05) is 12.2 Å². The maximum absolute atomic E-state index is 11.8. The van der Waals surface area contributed by atoms with E-state index in [0.29, 0.717) is 5.69 Å². The van der Waals surface area contributed by atoms with Crippen LogP contribution >= 0.6 is 0 Å². The van der Waals surface area contributed by atoms with Crippen molar-refractivity contribution >= 4 is 5.69 Å². The van der Waals surface area contributed by atoms with Crippen LogP contribution in [0.15, 0.2) is 24.3 Å². The van der Waals surface area contributed by atoms with Crippen LogP contribution in [0.4, 0.5) is 14.5 Å². The number of nitrogens with one attached hydrogen (secondary N) is 1. The third-order valence-corrected chi connectivity index (χ3v) is 1.83. The largest absolute Gasteiger partial charge is 0.435 e. The average Bonchev–Trinajstić information content (AvgIpc) is 2.27. The highest BCUT2D eigenvalue weighted by atomic mass is 19.3. The molecule has 1 rings (SSSR count). The highest BCUT2D eigenvalue weighted by Gasteiger charge is 2.04. The van der Waals surface area contributed by atoms with Crippen LogP contribution in [-0.2, 0) is 0 Å². The molecule has 1 aromatic rings. The van der Waals surface area contributed by atoms with Crippen molar-refractivity contribution in [2.45, 2.75) is 12.7 Å². The summed E-state index contributed by atoms with van der Waals surface area (Å²) < 4.78 is 27.8. The topological polar surface area (TPSA) is 61.7 Å². The van der Waals surface area contributed by atoms with E-state index in [1.54, 1.807) is 12.1 Å². The van der Waals surface area contributed by atoms with Crippen LogP contribution in [-0.4, -0.2) is 36.1 Å². The van der Waals surface area contributed by atoms with Gasteiger partial charge in [0.2, 0.25) is 0 Å².